The van der Waals surface area contributed by atoms with Gasteiger partial charge in [-0.25, -0.2) is 0 Å². The molecule has 1 aromatic heterocycles. The van der Waals surface area contributed by atoms with Gasteiger partial charge in [-0.05, 0) is 36.8 Å². The van der Waals surface area contributed by atoms with Crippen LogP contribution in [0.3, 0.4) is 0 Å². The fourth-order valence-corrected chi connectivity index (χ4v) is 1.61. The molecule has 0 saturated carbocycles. The molecule has 1 nitrogen and oxygen atoms in total. The van der Waals surface area contributed by atoms with Crippen LogP contribution in [0.4, 0.5) is 0 Å². The van der Waals surface area contributed by atoms with Crippen LogP contribution in [0.15, 0.2) is 24.5 Å². The molecule has 58 valence electrons. The lowest BCUT2D eigenvalue weighted by Gasteiger charge is -2.03. The van der Waals surface area contributed by atoms with Crippen molar-refractivity contribution in [2.75, 3.05) is 0 Å². The standard InChI is InChI=1S/C10H13N/c1-2-4-6-10-8-11-7-9(10)5-3-1/h1-2,7-8,11H,3-6H2/b2-1-. The van der Waals surface area contributed by atoms with Crippen LogP contribution in [-0.4, -0.2) is 4.98 Å². The van der Waals surface area contributed by atoms with Gasteiger partial charge in [0.1, 0.15) is 0 Å². The van der Waals surface area contributed by atoms with Crippen LogP contribution >= 0.6 is 0 Å². The first-order chi connectivity index (χ1) is 5.47. The van der Waals surface area contributed by atoms with E-state index in [0.29, 0.717) is 0 Å². The van der Waals surface area contributed by atoms with Crippen LogP contribution < -0.4 is 0 Å². The van der Waals surface area contributed by atoms with Gasteiger partial charge < -0.3 is 4.98 Å². The van der Waals surface area contributed by atoms with Gasteiger partial charge in [0.25, 0.3) is 0 Å². The number of nitrogens with one attached hydrogen (secondary N) is 1. The Labute approximate surface area is 67.1 Å². The summed E-state index contributed by atoms with van der Waals surface area (Å²) in [6, 6.07) is 0. The van der Waals surface area contributed by atoms with Gasteiger partial charge >= 0.3 is 0 Å². The number of hydrogen-bond donors (Lipinski definition) is 1. The smallest absolute Gasteiger partial charge is 0.00403 e. The van der Waals surface area contributed by atoms with Gasteiger partial charge in [0.15, 0.2) is 0 Å². The lowest BCUT2D eigenvalue weighted by atomic mass is 10.0. The van der Waals surface area contributed by atoms with E-state index in [1.54, 1.807) is 0 Å². The van der Waals surface area contributed by atoms with Gasteiger partial charge in [0, 0.05) is 12.4 Å². The van der Waals surface area contributed by atoms with E-state index in [-0.39, 0.29) is 0 Å². The Hall–Kier alpha value is -0.980. The highest BCUT2D eigenvalue weighted by Gasteiger charge is 2.03. The Morgan fingerprint density at radius 3 is 2.00 bits per heavy atom. The van der Waals surface area contributed by atoms with Gasteiger partial charge in [-0.3, -0.25) is 0 Å². The van der Waals surface area contributed by atoms with Gasteiger partial charge in [-0.2, -0.15) is 0 Å². The molecule has 0 fully saturated rings. The monoisotopic (exact) mass is 147 g/mol. The summed E-state index contributed by atoms with van der Waals surface area (Å²) in [5.74, 6) is 0. The van der Waals surface area contributed by atoms with Crippen LogP contribution in [0.2, 0.25) is 0 Å². The normalized spacial score (nSPS) is 20.0. The highest BCUT2D eigenvalue weighted by molar-refractivity contribution is 5.25. The number of rotatable bonds is 0. The fraction of sp³-hybridized carbons (Fsp3) is 0.400. The fourth-order valence-electron chi connectivity index (χ4n) is 1.61. The first-order valence-corrected chi connectivity index (χ1v) is 4.26. The van der Waals surface area contributed by atoms with Crippen LogP contribution in [0, 0.1) is 0 Å². The van der Waals surface area contributed by atoms with E-state index in [0.717, 1.165) is 0 Å². The molecule has 0 atom stereocenters. The predicted octanol–water partition coefficient (Wildman–Crippen LogP) is 2.45. The zero-order valence-electron chi connectivity index (χ0n) is 6.64. The average molecular weight is 147 g/mol. The number of H-pyrrole nitrogens is 1. The Kier molecular flexibility index (Phi) is 1.80. The Morgan fingerprint density at radius 2 is 1.45 bits per heavy atom. The van der Waals surface area contributed by atoms with Crippen molar-refractivity contribution < 1.29 is 0 Å². The van der Waals surface area contributed by atoms with Crippen molar-refractivity contribution in [3.05, 3.63) is 35.7 Å². The van der Waals surface area contributed by atoms with Gasteiger partial charge in [0.05, 0.1) is 0 Å². The minimum Gasteiger partial charge on any atom is -0.367 e. The number of aromatic nitrogens is 1. The maximum Gasteiger partial charge on any atom is 0.00403 e. The van der Waals surface area contributed by atoms with Crippen LogP contribution in [0.1, 0.15) is 24.0 Å². The Balaban J connectivity index is 2.23. The molecular formula is C10H13N. The van der Waals surface area contributed by atoms with E-state index < -0.39 is 0 Å². The lowest BCUT2D eigenvalue weighted by Crippen LogP contribution is -1.91. The van der Waals surface area contributed by atoms with E-state index in [2.05, 4.69) is 29.5 Å². The van der Waals surface area contributed by atoms with E-state index in [1.165, 1.54) is 36.8 Å². The first-order valence-electron chi connectivity index (χ1n) is 4.26. The maximum atomic E-state index is 3.17. The SMILES string of the molecule is C1=C\CCc2c[nH]cc2CC/1. The van der Waals surface area contributed by atoms with Crippen molar-refractivity contribution in [1.29, 1.82) is 0 Å². The number of aryl methyl sites for hydroxylation is 2. The molecule has 0 radical (unpaired) electrons. The van der Waals surface area contributed by atoms with Crippen molar-refractivity contribution in [3.63, 3.8) is 0 Å². The second-order valence-electron chi connectivity index (χ2n) is 3.05. The largest absolute Gasteiger partial charge is 0.367 e. The molecule has 11 heavy (non-hydrogen) atoms. The second kappa shape index (κ2) is 2.95. The number of hydrogen-bond acceptors (Lipinski definition) is 0. The van der Waals surface area contributed by atoms with E-state index in [1.807, 2.05) is 0 Å². The second-order valence-corrected chi connectivity index (χ2v) is 3.05. The summed E-state index contributed by atoms with van der Waals surface area (Å²) < 4.78 is 0. The maximum absolute atomic E-state index is 3.17. The zero-order chi connectivity index (χ0) is 7.52. The summed E-state index contributed by atoms with van der Waals surface area (Å²) in [6.45, 7) is 0. The number of allylic oxidation sites excluding steroid dienone is 2. The third-order valence-corrected chi connectivity index (χ3v) is 2.25. The first kappa shape index (κ1) is 6.71. The van der Waals surface area contributed by atoms with Crippen molar-refractivity contribution >= 4 is 0 Å². The summed E-state index contributed by atoms with van der Waals surface area (Å²) in [7, 11) is 0. The van der Waals surface area contributed by atoms with Gasteiger partial charge in [-0.1, -0.05) is 12.2 Å². The molecule has 1 heterocycles. The van der Waals surface area contributed by atoms with E-state index in [9.17, 15) is 0 Å². The predicted molar refractivity (Wildman–Crippen MR) is 46.6 cm³/mol. The molecule has 0 bridgehead atoms. The number of fused-ring (bicyclic) bond motifs is 1. The summed E-state index contributed by atoms with van der Waals surface area (Å²) in [5.41, 5.74) is 3.02. The quantitative estimate of drug-likeness (QED) is 0.542. The van der Waals surface area contributed by atoms with E-state index >= 15 is 0 Å². The molecule has 0 spiro atoms. The molecule has 1 N–H and O–H groups in total. The molecule has 2 rings (SSSR count). The van der Waals surface area contributed by atoms with Crippen molar-refractivity contribution in [2.45, 2.75) is 25.7 Å². The minimum absolute atomic E-state index is 1.20. The molecule has 0 aliphatic heterocycles. The average Bonchev–Trinajstić information content (AvgIpc) is 2.35. The highest BCUT2D eigenvalue weighted by Crippen LogP contribution is 2.15. The van der Waals surface area contributed by atoms with Crippen LogP contribution in [0.5, 0.6) is 0 Å². The van der Waals surface area contributed by atoms with Crippen LogP contribution in [-0.2, 0) is 12.8 Å². The number of aromatic amines is 1. The third-order valence-electron chi connectivity index (χ3n) is 2.25. The summed E-state index contributed by atoms with van der Waals surface area (Å²) in [4.78, 5) is 3.17. The topological polar surface area (TPSA) is 15.8 Å². The molecule has 1 heteroatoms. The summed E-state index contributed by atoms with van der Waals surface area (Å²) in [5, 5.41) is 0. The molecule has 1 aliphatic rings. The summed E-state index contributed by atoms with van der Waals surface area (Å²) in [6.07, 6.45) is 13.6. The molecule has 0 aromatic carbocycles. The molecule has 0 amide bonds. The van der Waals surface area contributed by atoms with Gasteiger partial charge in [0.2, 0.25) is 0 Å². The summed E-state index contributed by atoms with van der Waals surface area (Å²) >= 11 is 0. The van der Waals surface area contributed by atoms with E-state index in [4.69, 9.17) is 0 Å². The Bertz CT molecular complexity index is 233. The zero-order valence-corrected chi connectivity index (χ0v) is 6.64. The molecule has 1 aromatic rings. The van der Waals surface area contributed by atoms with Gasteiger partial charge in [-0.15, -0.1) is 0 Å². The molecule has 0 unspecified atom stereocenters. The third kappa shape index (κ3) is 1.37. The highest BCUT2D eigenvalue weighted by atomic mass is 14.6. The van der Waals surface area contributed by atoms with Crippen molar-refractivity contribution in [2.24, 2.45) is 0 Å². The lowest BCUT2D eigenvalue weighted by molar-refractivity contribution is 0.902. The molecule has 0 saturated heterocycles. The van der Waals surface area contributed by atoms with Crippen molar-refractivity contribution in [1.82, 2.24) is 4.98 Å². The minimum atomic E-state index is 1.20. The Morgan fingerprint density at radius 1 is 0.909 bits per heavy atom. The molecular weight excluding hydrogens is 134 g/mol. The molecule has 1 aliphatic carbocycles. The van der Waals surface area contributed by atoms with Crippen LogP contribution in [0.25, 0.3) is 0 Å². The van der Waals surface area contributed by atoms with Crippen molar-refractivity contribution in [3.8, 4) is 0 Å².